The molecule has 4 nitrogen and oxygen atoms in total. The van der Waals surface area contributed by atoms with Crippen molar-refractivity contribution in [2.24, 2.45) is 5.73 Å². The zero-order valence-corrected chi connectivity index (χ0v) is 13.0. The molecule has 2 unspecified atom stereocenters. The van der Waals surface area contributed by atoms with Crippen molar-refractivity contribution in [2.75, 3.05) is 11.9 Å². The van der Waals surface area contributed by atoms with Gasteiger partial charge in [0.25, 0.3) is 0 Å². The second-order valence-electron chi connectivity index (χ2n) is 5.82. The van der Waals surface area contributed by atoms with Crippen molar-refractivity contribution in [2.45, 2.75) is 43.8 Å². The zero-order chi connectivity index (χ0) is 14.1. The monoisotopic (exact) mass is 337 g/mol. The number of para-hydroxylation sites is 1. The quantitative estimate of drug-likeness (QED) is 0.889. The molecule has 0 spiro atoms. The molecule has 2 saturated heterocycles. The summed E-state index contributed by atoms with van der Waals surface area (Å²) in [6.07, 6.45) is 4.42. The summed E-state index contributed by atoms with van der Waals surface area (Å²) in [5.74, 6) is 0.0595. The number of halogens is 1. The predicted molar refractivity (Wildman–Crippen MR) is 83.5 cm³/mol. The topological polar surface area (TPSA) is 58.4 Å². The highest BCUT2D eigenvalue weighted by molar-refractivity contribution is 9.10. The molecule has 0 saturated carbocycles. The van der Waals surface area contributed by atoms with Crippen LogP contribution in [0, 0.1) is 0 Å². The number of nitrogens with zero attached hydrogens (tertiary/aromatic N) is 1. The number of carbonyl (C=O) groups excluding carboxylic acids is 1. The van der Waals surface area contributed by atoms with Gasteiger partial charge in [0.05, 0.1) is 12.2 Å². The number of fused-ring (bicyclic) bond motifs is 2. The highest BCUT2D eigenvalue weighted by Crippen LogP contribution is 2.34. The number of hydrogen-bond acceptors (Lipinski definition) is 3. The molecule has 1 amide bonds. The van der Waals surface area contributed by atoms with Crippen LogP contribution in [-0.2, 0) is 4.79 Å². The van der Waals surface area contributed by atoms with E-state index in [0.29, 0.717) is 24.7 Å². The summed E-state index contributed by atoms with van der Waals surface area (Å²) in [4.78, 5) is 14.6. The molecule has 2 fully saturated rings. The summed E-state index contributed by atoms with van der Waals surface area (Å²) in [7, 11) is 0. The summed E-state index contributed by atoms with van der Waals surface area (Å²) in [5.41, 5.74) is 6.89. The van der Waals surface area contributed by atoms with Gasteiger partial charge in [-0.05, 0) is 53.7 Å². The van der Waals surface area contributed by atoms with Crippen molar-refractivity contribution in [3.8, 4) is 0 Å². The predicted octanol–water partition coefficient (Wildman–Crippen LogP) is 2.34. The van der Waals surface area contributed by atoms with Gasteiger partial charge in [-0.3, -0.25) is 9.69 Å². The first-order valence-corrected chi connectivity index (χ1v) is 7.98. The number of nitrogens with two attached hydrogens (primary N) is 1. The van der Waals surface area contributed by atoms with Gasteiger partial charge < -0.3 is 11.1 Å². The van der Waals surface area contributed by atoms with E-state index in [1.54, 1.807) is 0 Å². The fraction of sp³-hybridized carbons (Fsp3) is 0.533. The van der Waals surface area contributed by atoms with Gasteiger partial charge in [-0.1, -0.05) is 12.1 Å². The fourth-order valence-corrected chi connectivity index (χ4v) is 3.88. The largest absolute Gasteiger partial charge is 0.328 e. The van der Waals surface area contributed by atoms with Crippen LogP contribution in [0.2, 0.25) is 0 Å². The van der Waals surface area contributed by atoms with E-state index in [9.17, 15) is 4.79 Å². The first-order valence-electron chi connectivity index (χ1n) is 7.19. The molecule has 0 aliphatic carbocycles. The second-order valence-corrected chi connectivity index (χ2v) is 6.67. The number of anilines is 1. The van der Waals surface area contributed by atoms with Crippen LogP contribution in [0.25, 0.3) is 0 Å². The normalized spacial score (nSPS) is 29.4. The summed E-state index contributed by atoms with van der Waals surface area (Å²) >= 11 is 3.45. The standard InChI is InChI=1S/C15H20BrN3O/c16-13-3-1-2-4-14(13)18-15(20)9-19-11-5-6-12(19)8-10(17)7-11/h1-4,10-12H,5-9,17H2,(H,18,20). The third-order valence-corrected chi connectivity index (χ3v) is 5.09. The SMILES string of the molecule is NC1CC2CCC(C1)N2CC(=O)Nc1ccccc1Br. The fourth-order valence-electron chi connectivity index (χ4n) is 3.49. The van der Waals surface area contributed by atoms with E-state index in [4.69, 9.17) is 5.73 Å². The van der Waals surface area contributed by atoms with Crippen LogP contribution in [0.1, 0.15) is 25.7 Å². The number of hydrogen-bond donors (Lipinski definition) is 2. The van der Waals surface area contributed by atoms with E-state index in [0.717, 1.165) is 23.0 Å². The molecule has 20 heavy (non-hydrogen) atoms. The molecule has 1 aromatic carbocycles. The molecule has 108 valence electrons. The Morgan fingerprint density at radius 3 is 2.60 bits per heavy atom. The van der Waals surface area contributed by atoms with Crippen molar-refractivity contribution in [1.29, 1.82) is 0 Å². The Labute approximate surface area is 127 Å². The Balaban J connectivity index is 1.61. The minimum atomic E-state index is 0.0595. The number of benzene rings is 1. The Morgan fingerprint density at radius 1 is 1.30 bits per heavy atom. The highest BCUT2D eigenvalue weighted by Gasteiger charge is 2.40. The van der Waals surface area contributed by atoms with Crippen molar-refractivity contribution < 1.29 is 4.79 Å². The molecule has 3 N–H and O–H groups in total. The Kier molecular flexibility index (Phi) is 4.10. The van der Waals surface area contributed by atoms with E-state index in [1.165, 1.54) is 12.8 Å². The lowest BCUT2D eigenvalue weighted by atomic mass is 9.98. The van der Waals surface area contributed by atoms with E-state index in [2.05, 4.69) is 26.1 Å². The van der Waals surface area contributed by atoms with Gasteiger partial charge >= 0.3 is 0 Å². The number of piperidine rings is 1. The third kappa shape index (κ3) is 2.90. The van der Waals surface area contributed by atoms with E-state index in [-0.39, 0.29) is 5.91 Å². The van der Waals surface area contributed by atoms with Crippen LogP contribution in [0.4, 0.5) is 5.69 Å². The highest BCUT2D eigenvalue weighted by atomic mass is 79.9. The summed E-state index contributed by atoms with van der Waals surface area (Å²) in [6, 6.07) is 9.00. The average molecular weight is 338 g/mol. The maximum Gasteiger partial charge on any atom is 0.238 e. The van der Waals surface area contributed by atoms with Crippen LogP contribution in [0.5, 0.6) is 0 Å². The van der Waals surface area contributed by atoms with E-state index in [1.807, 2.05) is 24.3 Å². The van der Waals surface area contributed by atoms with Crippen molar-refractivity contribution in [3.63, 3.8) is 0 Å². The summed E-state index contributed by atoms with van der Waals surface area (Å²) in [6.45, 7) is 0.476. The van der Waals surface area contributed by atoms with Crippen molar-refractivity contribution in [3.05, 3.63) is 28.7 Å². The Hall–Kier alpha value is -0.910. The van der Waals surface area contributed by atoms with Crippen LogP contribution in [-0.4, -0.2) is 35.5 Å². The molecule has 3 rings (SSSR count). The molecule has 2 aliphatic rings. The lowest BCUT2D eigenvalue weighted by Crippen LogP contribution is -2.49. The van der Waals surface area contributed by atoms with Crippen molar-refractivity contribution in [1.82, 2.24) is 4.90 Å². The van der Waals surface area contributed by atoms with Gasteiger partial charge in [0, 0.05) is 22.6 Å². The molecule has 1 aromatic rings. The molecular weight excluding hydrogens is 318 g/mol. The molecule has 0 radical (unpaired) electrons. The molecular formula is C15H20BrN3O. The lowest BCUT2D eigenvalue weighted by Gasteiger charge is -2.37. The first kappa shape index (κ1) is 14.0. The maximum atomic E-state index is 12.2. The van der Waals surface area contributed by atoms with Crippen LogP contribution in [0.3, 0.4) is 0 Å². The van der Waals surface area contributed by atoms with Gasteiger partial charge in [0.2, 0.25) is 5.91 Å². The maximum absolute atomic E-state index is 12.2. The van der Waals surface area contributed by atoms with E-state index < -0.39 is 0 Å². The number of amides is 1. The van der Waals surface area contributed by atoms with E-state index >= 15 is 0 Å². The van der Waals surface area contributed by atoms with Gasteiger partial charge in [-0.2, -0.15) is 0 Å². The molecule has 2 aliphatic heterocycles. The Morgan fingerprint density at radius 2 is 1.95 bits per heavy atom. The first-order chi connectivity index (χ1) is 9.63. The summed E-state index contributed by atoms with van der Waals surface area (Å²) in [5, 5.41) is 2.98. The smallest absolute Gasteiger partial charge is 0.238 e. The molecule has 2 heterocycles. The molecule has 2 atom stereocenters. The minimum absolute atomic E-state index is 0.0595. The average Bonchev–Trinajstić information content (AvgIpc) is 2.65. The second kappa shape index (κ2) is 5.84. The van der Waals surface area contributed by atoms with Crippen LogP contribution < -0.4 is 11.1 Å². The van der Waals surface area contributed by atoms with Gasteiger partial charge in [0.1, 0.15) is 0 Å². The number of nitrogens with one attached hydrogen (secondary N) is 1. The van der Waals surface area contributed by atoms with Crippen LogP contribution >= 0.6 is 15.9 Å². The summed E-state index contributed by atoms with van der Waals surface area (Å²) < 4.78 is 0.914. The van der Waals surface area contributed by atoms with Gasteiger partial charge in [0.15, 0.2) is 0 Å². The third-order valence-electron chi connectivity index (χ3n) is 4.39. The van der Waals surface area contributed by atoms with Gasteiger partial charge in [-0.15, -0.1) is 0 Å². The molecule has 2 bridgehead atoms. The number of carbonyl (C=O) groups is 1. The Bertz CT molecular complexity index is 494. The zero-order valence-electron chi connectivity index (χ0n) is 11.4. The number of rotatable bonds is 3. The van der Waals surface area contributed by atoms with Crippen molar-refractivity contribution >= 4 is 27.5 Å². The lowest BCUT2D eigenvalue weighted by molar-refractivity contribution is -0.118. The van der Waals surface area contributed by atoms with Gasteiger partial charge in [-0.25, -0.2) is 0 Å². The van der Waals surface area contributed by atoms with Crippen LogP contribution in [0.15, 0.2) is 28.7 Å². The molecule has 5 heteroatoms. The minimum Gasteiger partial charge on any atom is -0.328 e. The molecule has 0 aromatic heterocycles.